The molecule has 0 bridgehead atoms. The van der Waals surface area contributed by atoms with Crippen molar-refractivity contribution in [3.05, 3.63) is 17.5 Å². The van der Waals surface area contributed by atoms with Gasteiger partial charge in [0.15, 0.2) is 0 Å². The van der Waals surface area contributed by atoms with Crippen molar-refractivity contribution in [2.45, 2.75) is 37.4 Å². The van der Waals surface area contributed by atoms with E-state index in [1.54, 1.807) is 0 Å². The summed E-state index contributed by atoms with van der Waals surface area (Å²) in [6.07, 6.45) is 1.22. The Hall–Kier alpha value is -0.160. The average Bonchev–Trinajstić information content (AvgIpc) is 2.89. The van der Waals surface area contributed by atoms with Gasteiger partial charge in [-0.2, -0.15) is 0 Å². The molecule has 0 saturated heterocycles. The maximum Gasteiger partial charge on any atom is 0.0679 e. The van der Waals surface area contributed by atoms with Gasteiger partial charge in [-0.05, 0) is 43.8 Å². The first kappa shape index (κ1) is 15.9. The summed E-state index contributed by atoms with van der Waals surface area (Å²) >= 11 is 1.85. The summed E-state index contributed by atoms with van der Waals surface area (Å²) in [6, 6.07) is 4.94. The Balaban J connectivity index is 2.71. The quantitative estimate of drug-likeness (QED) is 0.769. The fourth-order valence-electron chi connectivity index (χ4n) is 2.03. The highest BCUT2D eigenvalue weighted by Gasteiger charge is 2.17. The number of hydrogen-bond acceptors (Lipinski definition) is 3. The predicted octanol–water partition coefficient (Wildman–Crippen LogP) is 3.68. The molecule has 4 heteroatoms. The van der Waals surface area contributed by atoms with E-state index in [0.29, 0.717) is 12.0 Å². The molecule has 0 saturated carbocycles. The molecule has 1 heterocycles. The van der Waals surface area contributed by atoms with Gasteiger partial charge in [0.1, 0.15) is 0 Å². The molecule has 18 heavy (non-hydrogen) atoms. The number of likely N-dealkylation sites (N-methyl/N-ethyl adjacent to an activating group) is 2. The molecule has 0 fully saturated rings. The van der Waals surface area contributed by atoms with Gasteiger partial charge in [-0.25, -0.2) is 0 Å². The fourth-order valence-corrected chi connectivity index (χ4v) is 5.15. The van der Waals surface area contributed by atoms with E-state index in [1.807, 2.05) is 11.3 Å². The molecule has 0 aliphatic rings. The monoisotopic (exact) mass is 286 g/mol. The van der Waals surface area contributed by atoms with Crippen LogP contribution in [0.25, 0.3) is 0 Å². The first-order valence-electron chi connectivity index (χ1n) is 6.58. The third-order valence-electron chi connectivity index (χ3n) is 3.42. The highest BCUT2D eigenvalue weighted by molar-refractivity contribution is 8.14. The van der Waals surface area contributed by atoms with E-state index in [-0.39, 0.29) is 10.7 Å². The molecule has 0 radical (unpaired) electrons. The van der Waals surface area contributed by atoms with E-state index in [2.05, 4.69) is 67.4 Å². The second kappa shape index (κ2) is 8.10. The maximum atomic E-state index is 3.46. The second-order valence-electron chi connectivity index (χ2n) is 4.57. The maximum absolute atomic E-state index is 3.46. The Morgan fingerprint density at radius 1 is 1.56 bits per heavy atom. The molecular weight excluding hydrogens is 260 g/mol. The van der Waals surface area contributed by atoms with Crippen LogP contribution in [-0.4, -0.2) is 36.4 Å². The lowest BCUT2D eigenvalue weighted by atomic mass is 9.99. The van der Waals surface area contributed by atoms with E-state index < -0.39 is 0 Å². The summed E-state index contributed by atoms with van der Waals surface area (Å²) in [4.78, 5) is 0. The molecule has 1 aromatic rings. The van der Waals surface area contributed by atoms with Crippen LogP contribution >= 0.6 is 22.0 Å². The van der Waals surface area contributed by atoms with Crippen LogP contribution < -0.4 is 5.32 Å². The zero-order valence-corrected chi connectivity index (χ0v) is 13.8. The third kappa shape index (κ3) is 4.19. The molecule has 3 atom stereocenters. The second-order valence-corrected chi connectivity index (χ2v) is 7.94. The molecule has 104 valence electrons. The van der Waals surface area contributed by atoms with Crippen molar-refractivity contribution in [1.29, 1.82) is 0 Å². The van der Waals surface area contributed by atoms with Crippen molar-refractivity contribution >= 4 is 27.4 Å². The van der Waals surface area contributed by atoms with Gasteiger partial charge in [0, 0.05) is 12.6 Å². The fraction of sp³-hybridized carbons (Fsp3) is 0.643. The van der Waals surface area contributed by atoms with Gasteiger partial charge in [-0.1, -0.05) is 37.0 Å². The lowest BCUT2D eigenvalue weighted by Gasteiger charge is -2.29. The van der Waals surface area contributed by atoms with Crippen molar-refractivity contribution in [2.75, 3.05) is 20.6 Å². The topological polar surface area (TPSA) is 15.3 Å². The van der Waals surface area contributed by atoms with Crippen LogP contribution in [0.5, 0.6) is 0 Å². The first-order valence-corrected chi connectivity index (χ1v) is 8.71. The Morgan fingerprint density at radius 3 is 2.72 bits per heavy atom. The Kier molecular flexibility index (Phi) is 7.15. The minimum Gasteiger partial charge on any atom is -0.315 e. The Bertz CT molecular complexity index is 360. The van der Waals surface area contributed by atoms with Crippen molar-refractivity contribution in [1.82, 2.24) is 9.62 Å². The molecule has 0 spiro atoms. The molecule has 2 nitrogen and oxygen atoms in total. The molecule has 0 aliphatic heterocycles. The van der Waals surface area contributed by atoms with Crippen LogP contribution in [-0.2, 0) is 0 Å². The minimum atomic E-state index is 0.138. The van der Waals surface area contributed by atoms with Gasteiger partial charge in [0.05, 0.1) is 4.21 Å². The number of nitrogens with one attached hydrogen (secondary N) is 1. The van der Waals surface area contributed by atoms with E-state index >= 15 is 0 Å². The summed E-state index contributed by atoms with van der Waals surface area (Å²) < 4.78 is 3.93. The molecule has 2 unspecified atom stereocenters. The van der Waals surface area contributed by atoms with Gasteiger partial charge < -0.3 is 5.32 Å². The average molecular weight is 287 g/mol. The van der Waals surface area contributed by atoms with E-state index in [0.717, 1.165) is 6.54 Å². The molecule has 0 aliphatic carbocycles. The highest BCUT2D eigenvalue weighted by atomic mass is 32.2. The molecular formula is C14H26N2S2. The Morgan fingerprint density at radius 2 is 2.28 bits per heavy atom. The molecule has 1 rings (SSSR count). The third-order valence-corrected chi connectivity index (χ3v) is 6.69. The lowest BCUT2D eigenvalue weighted by molar-refractivity contribution is 0.337. The van der Waals surface area contributed by atoms with Gasteiger partial charge in [-0.15, -0.1) is 11.3 Å². The van der Waals surface area contributed by atoms with Crippen molar-refractivity contribution < 1.29 is 0 Å². The summed E-state index contributed by atoms with van der Waals surface area (Å²) in [7, 11) is 4.44. The highest BCUT2D eigenvalue weighted by Crippen LogP contribution is 2.33. The van der Waals surface area contributed by atoms with Crippen LogP contribution in [0.4, 0.5) is 0 Å². The zero-order chi connectivity index (χ0) is 13.5. The van der Waals surface area contributed by atoms with Crippen LogP contribution in [0.3, 0.4) is 0 Å². The summed E-state index contributed by atoms with van der Waals surface area (Å²) in [5.74, 6) is 0.711. The summed E-state index contributed by atoms with van der Waals surface area (Å²) in [6.45, 7) is 7.85. The van der Waals surface area contributed by atoms with Crippen molar-refractivity contribution in [3.8, 4) is 0 Å². The number of nitrogens with zero attached hydrogens (tertiary/aromatic N) is 1. The SMILES string of the molecule is C/C=S(\c1cccs1)N(C)C[C@@H](NC)C(C)CC. The number of thiophene rings is 1. The minimum absolute atomic E-state index is 0.138. The smallest absolute Gasteiger partial charge is 0.0679 e. The first-order chi connectivity index (χ1) is 8.63. The standard InChI is InChI=1S/C14H26N2S2/c1-6-12(3)13(15-4)11-16(5)18(7-2)14-9-8-10-17-14/h7-10,12-13,15H,6,11H2,1-5H3/t12?,13-,18?/m1/s1. The van der Waals surface area contributed by atoms with Gasteiger partial charge in [-0.3, -0.25) is 4.31 Å². The van der Waals surface area contributed by atoms with Gasteiger partial charge >= 0.3 is 0 Å². The summed E-state index contributed by atoms with van der Waals surface area (Å²) in [5.41, 5.74) is 0. The number of hydrogen-bond donors (Lipinski definition) is 1. The predicted molar refractivity (Wildman–Crippen MR) is 86.8 cm³/mol. The van der Waals surface area contributed by atoms with E-state index in [1.165, 1.54) is 10.6 Å². The zero-order valence-electron chi connectivity index (χ0n) is 12.1. The molecule has 0 aromatic carbocycles. The lowest BCUT2D eigenvalue weighted by Crippen LogP contribution is -2.40. The Labute approximate surface area is 118 Å². The van der Waals surface area contributed by atoms with Gasteiger partial charge in [0.2, 0.25) is 0 Å². The van der Waals surface area contributed by atoms with Crippen molar-refractivity contribution in [3.63, 3.8) is 0 Å². The van der Waals surface area contributed by atoms with Crippen LogP contribution in [0, 0.1) is 5.92 Å². The van der Waals surface area contributed by atoms with E-state index in [9.17, 15) is 0 Å². The van der Waals surface area contributed by atoms with Crippen molar-refractivity contribution in [2.24, 2.45) is 5.92 Å². The van der Waals surface area contributed by atoms with Crippen LogP contribution in [0.1, 0.15) is 27.2 Å². The molecule has 1 aromatic heterocycles. The van der Waals surface area contributed by atoms with Crippen LogP contribution in [0.2, 0.25) is 0 Å². The number of rotatable bonds is 7. The molecule has 0 amide bonds. The van der Waals surface area contributed by atoms with E-state index in [4.69, 9.17) is 0 Å². The van der Waals surface area contributed by atoms with Crippen LogP contribution in [0.15, 0.2) is 21.7 Å². The normalized spacial score (nSPS) is 17.0. The summed E-state index contributed by atoms with van der Waals surface area (Å²) in [5, 5.41) is 7.94. The largest absolute Gasteiger partial charge is 0.315 e. The van der Waals surface area contributed by atoms with Gasteiger partial charge in [0.25, 0.3) is 0 Å². The molecule has 1 N–H and O–H groups in total.